The van der Waals surface area contributed by atoms with E-state index in [0.29, 0.717) is 22.7 Å². The molecule has 1 aromatic heterocycles. The van der Waals surface area contributed by atoms with Crippen LogP contribution in [0.4, 0.5) is 24.5 Å². The minimum atomic E-state index is -4.34. The van der Waals surface area contributed by atoms with Gasteiger partial charge in [0.05, 0.1) is 5.52 Å². The molecule has 31 heavy (non-hydrogen) atoms. The fourth-order valence-corrected chi connectivity index (χ4v) is 5.40. The molecule has 8 heteroatoms. The minimum absolute atomic E-state index is 0.176. The predicted octanol–water partition coefficient (Wildman–Crippen LogP) is 5.26. The Bertz CT molecular complexity index is 1100. The first-order chi connectivity index (χ1) is 14.7. The molecule has 1 aliphatic rings. The van der Waals surface area contributed by atoms with Crippen LogP contribution in [0.1, 0.15) is 12.8 Å². The van der Waals surface area contributed by atoms with Gasteiger partial charge in [0.2, 0.25) is 0 Å². The van der Waals surface area contributed by atoms with Crippen molar-refractivity contribution in [1.29, 1.82) is 0 Å². The van der Waals surface area contributed by atoms with Gasteiger partial charge in [-0.15, -0.1) is 0 Å². The van der Waals surface area contributed by atoms with Crippen LogP contribution in [0.25, 0.3) is 22.2 Å². The highest BCUT2D eigenvalue weighted by Crippen LogP contribution is 2.36. The zero-order valence-corrected chi connectivity index (χ0v) is 18.4. The number of aromatic nitrogens is 1. The smallest absolute Gasteiger partial charge is 0.382 e. The molecule has 0 unspecified atom stereocenters. The van der Waals surface area contributed by atoms with E-state index >= 15 is 0 Å². The second-order valence-electron chi connectivity index (χ2n) is 8.18. The third-order valence-corrected chi connectivity index (χ3v) is 7.07. The topological polar surface area (TPSA) is 37.3 Å². The number of rotatable bonds is 5. The molecule has 0 spiro atoms. The van der Waals surface area contributed by atoms with Gasteiger partial charge in [-0.25, -0.2) is 0 Å². The molecule has 1 fully saturated rings. The van der Waals surface area contributed by atoms with Crippen LogP contribution in [0.3, 0.4) is 0 Å². The van der Waals surface area contributed by atoms with Crippen molar-refractivity contribution in [3.63, 3.8) is 0 Å². The molecule has 4 nitrogen and oxygen atoms in total. The van der Waals surface area contributed by atoms with Gasteiger partial charge in [0.25, 0.3) is 0 Å². The minimum Gasteiger partial charge on any atom is -0.382 e. The number of nitrogens with zero attached hydrogens (tertiary/aromatic N) is 2. The van der Waals surface area contributed by atoms with Gasteiger partial charge in [0.15, 0.2) is 0 Å². The van der Waals surface area contributed by atoms with Gasteiger partial charge in [-0.05, 0) is 43.2 Å². The molecular weight excluding hydrogens is 423 g/mol. The predicted molar refractivity (Wildman–Crippen MR) is 122 cm³/mol. The van der Waals surface area contributed by atoms with Crippen molar-refractivity contribution < 1.29 is 17.4 Å². The van der Waals surface area contributed by atoms with Crippen LogP contribution in [0, 0.1) is 0 Å². The van der Waals surface area contributed by atoms with Crippen LogP contribution < -0.4 is 10.2 Å². The lowest BCUT2D eigenvalue weighted by molar-refractivity contribution is -0.139. The first kappa shape index (κ1) is 21.7. The van der Waals surface area contributed by atoms with Gasteiger partial charge in [-0.1, -0.05) is 18.2 Å². The largest absolute Gasteiger partial charge is 0.406 e. The summed E-state index contributed by atoms with van der Waals surface area (Å²) in [6.45, 7) is -1.05. The normalized spacial score (nSPS) is 19.5. The molecule has 1 aliphatic heterocycles. The van der Waals surface area contributed by atoms with Gasteiger partial charge < -0.3 is 14.8 Å². The Morgan fingerprint density at radius 2 is 1.81 bits per heavy atom. The highest BCUT2D eigenvalue weighted by molar-refractivity contribution is 7.85. The van der Waals surface area contributed by atoms with E-state index in [0.717, 1.165) is 35.2 Å². The molecule has 166 valence electrons. The fraction of sp³-hybridized carbons (Fsp3) is 0.391. The van der Waals surface area contributed by atoms with Crippen molar-refractivity contribution >= 4 is 33.1 Å². The highest BCUT2D eigenvalue weighted by Gasteiger charge is 2.30. The Balaban J connectivity index is 1.80. The molecule has 0 saturated carbocycles. The molecule has 1 saturated heterocycles. The zero-order valence-electron chi connectivity index (χ0n) is 17.6. The summed E-state index contributed by atoms with van der Waals surface area (Å²) in [4.78, 5) is 1.93. The quantitative estimate of drug-likeness (QED) is 0.577. The molecular formula is C23H26F3N3OS. The summed E-state index contributed by atoms with van der Waals surface area (Å²) in [7, 11) is 3.05. The Labute approximate surface area is 182 Å². The summed E-state index contributed by atoms with van der Waals surface area (Å²) in [5.41, 5.74) is 3.57. The van der Waals surface area contributed by atoms with Gasteiger partial charge in [-0.2, -0.15) is 13.2 Å². The first-order valence-corrected chi connectivity index (χ1v) is 11.8. The van der Waals surface area contributed by atoms with E-state index in [-0.39, 0.29) is 6.04 Å². The lowest BCUT2D eigenvalue weighted by atomic mass is 10.1. The summed E-state index contributed by atoms with van der Waals surface area (Å²) < 4.78 is 53.5. The summed E-state index contributed by atoms with van der Waals surface area (Å²) in [5.74, 6) is 1.32. The van der Waals surface area contributed by atoms with Crippen LogP contribution in [0.15, 0.2) is 48.5 Å². The van der Waals surface area contributed by atoms with E-state index in [4.69, 9.17) is 0 Å². The highest BCUT2D eigenvalue weighted by atomic mass is 32.2. The maximum absolute atomic E-state index is 13.5. The second kappa shape index (κ2) is 8.57. The summed E-state index contributed by atoms with van der Waals surface area (Å²) in [6, 6.07) is 15.0. The molecule has 0 aliphatic carbocycles. The molecule has 2 heterocycles. The summed E-state index contributed by atoms with van der Waals surface area (Å²) >= 11 is 0. The summed E-state index contributed by atoms with van der Waals surface area (Å²) in [6.07, 6.45) is -2.75. The van der Waals surface area contributed by atoms with Gasteiger partial charge in [-0.3, -0.25) is 4.21 Å². The van der Waals surface area contributed by atoms with Crippen molar-refractivity contribution in [2.75, 3.05) is 35.8 Å². The van der Waals surface area contributed by atoms with Crippen molar-refractivity contribution in [2.45, 2.75) is 31.6 Å². The van der Waals surface area contributed by atoms with Crippen molar-refractivity contribution in [3.8, 4) is 11.3 Å². The Morgan fingerprint density at radius 3 is 2.48 bits per heavy atom. The van der Waals surface area contributed by atoms with Crippen molar-refractivity contribution in [1.82, 2.24) is 4.57 Å². The number of anilines is 2. The third kappa shape index (κ3) is 4.89. The lowest BCUT2D eigenvalue weighted by Gasteiger charge is -2.24. The van der Waals surface area contributed by atoms with Crippen molar-refractivity contribution in [2.24, 2.45) is 0 Å². The number of nitrogens with one attached hydrogen (secondary N) is 1. The summed E-state index contributed by atoms with van der Waals surface area (Å²) in [5, 5.41) is 4.26. The fourth-order valence-electron chi connectivity index (χ4n) is 4.10. The molecule has 4 rings (SSSR count). The van der Waals surface area contributed by atoms with Crippen LogP contribution >= 0.6 is 0 Å². The molecule has 3 aromatic rings. The van der Waals surface area contributed by atoms with E-state index < -0.39 is 23.5 Å². The van der Waals surface area contributed by atoms with E-state index in [9.17, 15) is 17.4 Å². The Morgan fingerprint density at radius 1 is 1.10 bits per heavy atom. The van der Waals surface area contributed by atoms with E-state index in [1.54, 1.807) is 12.1 Å². The number of fused-ring (bicyclic) bond motifs is 1. The van der Waals surface area contributed by atoms with E-state index in [2.05, 4.69) is 5.32 Å². The number of alkyl halides is 3. The van der Waals surface area contributed by atoms with E-state index in [1.165, 1.54) is 4.57 Å². The van der Waals surface area contributed by atoms with Crippen LogP contribution in [0.2, 0.25) is 0 Å². The number of halogens is 3. The third-order valence-electron chi connectivity index (χ3n) is 5.69. The maximum atomic E-state index is 13.5. The maximum Gasteiger partial charge on any atom is 0.406 e. The lowest BCUT2D eigenvalue weighted by Crippen LogP contribution is -2.29. The first-order valence-electron chi connectivity index (χ1n) is 10.3. The van der Waals surface area contributed by atoms with Gasteiger partial charge >= 0.3 is 6.18 Å². The average molecular weight is 450 g/mol. The van der Waals surface area contributed by atoms with Crippen LogP contribution in [0.5, 0.6) is 0 Å². The molecule has 0 amide bonds. The second-order valence-corrected chi connectivity index (χ2v) is 9.88. The van der Waals surface area contributed by atoms with Crippen molar-refractivity contribution in [3.05, 3.63) is 48.5 Å². The van der Waals surface area contributed by atoms with E-state index in [1.807, 2.05) is 55.4 Å². The number of hydrogen-bond acceptors (Lipinski definition) is 3. The molecule has 2 aromatic carbocycles. The van der Waals surface area contributed by atoms with Gasteiger partial charge in [0, 0.05) is 70.5 Å². The average Bonchev–Trinajstić information content (AvgIpc) is 3.08. The molecule has 0 bridgehead atoms. The standard InChI is InChI=1S/C23H26F3N3OS/c1-28(2)18-6-3-5-16(13-18)22-14-19-20(27-17-9-11-31(30)12-10-17)7-4-8-21(19)29(22)15-23(24,25)26/h3-8,13-14,17,27H,9-12,15H2,1-2H3. The Kier molecular flexibility index (Phi) is 6.01. The monoisotopic (exact) mass is 449 g/mol. The van der Waals surface area contributed by atoms with Gasteiger partial charge in [0.1, 0.15) is 6.54 Å². The van der Waals surface area contributed by atoms with Crippen LogP contribution in [-0.4, -0.2) is 46.6 Å². The molecule has 0 radical (unpaired) electrons. The van der Waals surface area contributed by atoms with Crippen LogP contribution in [-0.2, 0) is 17.3 Å². The molecule has 0 atom stereocenters. The number of hydrogen-bond donors (Lipinski definition) is 1. The molecule has 1 N–H and O–H groups in total. The zero-order chi connectivity index (χ0) is 22.2. The number of benzene rings is 2. The SMILES string of the molecule is CN(C)c1cccc(-c2cc3c(NC4CCS(=O)CC4)cccc3n2CC(F)(F)F)c1. The Hall–Kier alpha value is -2.48.